The third-order valence-corrected chi connectivity index (χ3v) is 7.08. The van der Waals surface area contributed by atoms with E-state index in [-0.39, 0.29) is 5.41 Å². The van der Waals surface area contributed by atoms with Gasteiger partial charge in [-0.25, -0.2) is 4.39 Å². The summed E-state index contributed by atoms with van der Waals surface area (Å²) in [6, 6.07) is 3.86. The second-order valence-corrected chi connectivity index (χ2v) is 9.09. The number of hydrogen-bond donors (Lipinski definition) is 4. The first-order valence-corrected chi connectivity index (χ1v) is 12.6. The van der Waals surface area contributed by atoms with E-state index < -0.39 is 30.7 Å². The Balaban J connectivity index is 0.00000199. The minimum Gasteiger partial charge on any atom is -0.384 e. The van der Waals surface area contributed by atoms with Gasteiger partial charge in [-0.2, -0.15) is 0 Å². The van der Waals surface area contributed by atoms with Gasteiger partial charge in [-0.05, 0) is 48.4 Å². The number of amides is 2. The highest BCUT2D eigenvalue weighted by molar-refractivity contribution is 7.09. The number of aliphatic hydroxyl groups excluding tert-OH is 2. The van der Waals surface area contributed by atoms with Crippen molar-refractivity contribution in [1.29, 1.82) is 0 Å². The molecule has 2 saturated heterocycles. The second-order valence-electron chi connectivity index (χ2n) is 8.06. The second kappa shape index (κ2) is 13.4. The zero-order chi connectivity index (χ0) is 25.1. The first-order valence-electron chi connectivity index (χ1n) is 11.7. The normalized spacial score (nSPS) is 20.9. The number of nitrogens with zero attached hydrogens (tertiary/aromatic N) is 1. The standard InChI is InChI=1S/C23H30FN3O4S.C2H6/c1-2-4-18-17(6-10-24)23(15-26-18)8-12-27(13-9-23)22(31)20(29)19(28)21(30)25-11-7-16-5-3-14-32-16;1-2/h2-6,14,19-20,26,28-29H,1,7-13,15H2,(H,25,30);1-2H3/b17-6+,18-4+;. The molecule has 1 aromatic heterocycles. The van der Waals surface area contributed by atoms with E-state index in [2.05, 4.69) is 17.2 Å². The summed E-state index contributed by atoms with van der Waals surface area (Å²) < 4.78 is 13.1. The summed E-state index contributed by atoms with van der Waals surface area (Å²) in [4.78, 5) is 27.4. The molecule has 0 radical (unpaired) electrons. The van der Waals surface area contributed by atoms with Crippen LogP contribution in [-0.4, -0.2) is 72.0 Å². The summed E-state index contributed by atoms with van der Waals surface area (Å²) in [5.41, 5.74) is 1.44. The lowest BCUT2D eigenvalue weighted by Gasteiger charge is -2.40. The fourth-order valence-corrected chi connectivity index (χ4v) is 5.05. The van der Waals surface area contributed by atoms with Crippen LogP contribution in [0.4, 0.5) is 4.39 Å². The molecule has 2 aliphatic heterocycles. The highest BCUT2D eigenvalue weighted by atomic mass is 32.1. The van der Waals surface area contributed by atoms with E-state index in [9.17, 15) is 24.2 Å². The quantitative estimate of drug-likeness (QED) is 0.445. The van der Waals surface area contributed by atoms with Crippen LogP contribution >= 0.6 is 11.3 Å². The Bertz CT molecular complexity index is 877. The number of thiophene rings is 1. The van der Waals surface area contributed by atoms with Crippen molar-refractivity contribution >= 4 is 23.2 Å². The van der Waals surface area contributed by atoms with Crippen LogP contribution in [0.2, 0.25) is 0 Å². The zero-order valence-corrected chi connectivity index (χ0v) is 20.7. The number of rotatable bonds is 8. The Morgan fingerprint density at radius 2 is 2.03 bits per heavy atom. The molecule has 2 unspecified atom stereocenters. The van der Waals surface area contributed by atoms with Crippen LogP contribution in [-0.2, 0) is 16.0 Å². The predicted molar refractivity (Wildman–Crippen MR) is 133 cm³/mol. The van der Waals surface area contributed by atoms with Gasteiger partial charge in [-0.15, -0.1) is 11.3 Å². The first kappa shape index (κ1) is 27.8. The first-order chi connectivity index (χ1) is 16.4. The molecule has 0 aliphatic carbocycles. The van der Waals surface area contributed by atoms with Crippen molar-refractivity contribution in [3.63, 3.8) is 0 Å². The van der Waals surface area contributed by atoms with Gasteiger partial charge in [-0.1, -0.05) is 32.6 Å². The monoisotopic (exact) mass is 493 g/mol. The maximum atomic E-state index is 13.1. The van der Waals surface area contributed by atoms with Crippen LogP contribution in [0.15, 0.2) is 53.6 Å². The number of piperidine rings is 1. The smallest absolute Gasteiger partial charge is 0.254 e. The highest BCUT2D eigenvalue weighted by Crippen LogP contribution is 2.45. The SMILES string of the molecule is C=C/C=C1/NCC2(CCN(C(=O)C(O)C(O)C(=O)NCCc3cccs3)CC2)/C1=C/CF.CC. The van der Waals surface area contributed by atoms with Gasteiger partial charge in [0.1, 0.15) is 6.67 Å². The molecule has 2 aliphatic rings. The van der Waals surface area contributed by atoms with Gasteiger partial charge in [0.25, 0.3) is 11.8 Å². The van der Waals surface area contributed by atoms with Crippen LogP contribution in [0.1, 0.15) is 31.6 Å². The number of hydrogen-bond acceptors (Lipinski definition) is 6. The van der Waals surface area contributed by atoms with E-state index in [0.29, 0.717) is 45.4 Å². The van der Waals surface area contributed by atoms with Crippen LogP contribution in [0.5, 0.6) is 0 Å². The summed E-state index contributed by atoms with van der Waals surface area (Å²) in [7, 11) is 0. The number of aliphatic hydroxyl groups is 2. The lowest BCUT2D eigenvalue weighted by molar-refractivity contribution is -0.154. The van der Waals surface area contributed by atoms with Crippen LogP contribution in [0, 0.1) is 5.41 Å². The molecule has 3 heterocycles. The lowest BCUT2D eigenvalue weighted by atomic mass is 9.73. The molecule has 3 rings (SSSR count). The van der Waals surface area contributed by atoms with E-state index in [1.165, 1.54) is 4.90 Å². The van der Waals surface area contributed by atoms with Crippen molar-refractivity contribution in [2.75, 3.05) is 32.9 Å². The molecule has 0 saturated carbocycles. The Hall–Kier alpha value is -2.49. The number of carbonyl (C=O) groups is 2. The number of alkyl halides is 1. The van der Waals surface area contributed by atoms with E-state index in [1.807, 2.05) is 37.4 Å². The van der Waals surface area contributed by atoms with E-state index in [1.54, 1.807) is 23.5 Å². The number of nitrogens with one attached hydrogen (secondary N) is 2. The molecule has 2 amide bonds. The summed E-state index contributed by atoms with van der Waals surface area (Å²) in [5, 5.41) is 28.3. The third-order valence-electron chi connectivity index (χ3n) is 6.15. The largest absolute Gasteiger partial charge is 0.384 e. The van der Waals surface area contributed by atoms with Gasteiger partial charge < -0.3 is 25.7 Å². The molecular formula is C25H36FN3O4S. The minimum atomic E-state index is -1.83. The van der Waals surface area contributed by atoms with Crippen LogP contribution in [0.25, 0.3) is 0 Å². The zero-order valence-electron chi connectivity index (χ0n) is 19.9. The molecular weight excluding hydrogens is 457 g/mol. The molecule has 7 nitrogen and oxygen atoms in total. The summed E-state index contributed by atoms with van der Waals surface area (Å²) in [6.07, 6.45) is 3.14. The average Bonchev–Trinajstić information content (AvgIpc) is 3.49. The number of carbonyl (C=O) groups excluding carboxylic acids is 2. The van der Waals surface area contributed by atoms with Crippen molar-refractivity contribution in [2.24, 2.45) is 5.41 Å². The van der Waals surface area contributed by atoms with Gasteiger partial charge in [0.15, 0.2) is 12.2 Å². The van der Waals surface area contributed by atoms with E-state index in [0.717, 1.165) is 16.1 Å². The van der Waals surface area contributed by atoms with Gasteiger partial charge in [0, 0.05) is 42.2 Å². The van der Waals surface area contributed by atoms with Crippen molar-refractivity contribution in [3.05, 3.63) is 58.5 Å². The number of likely N-dealkylation sites (tertiary alicyclic amines) is 1. The van der Waals surface area contributed by atoms with E-state index in [4.69, 9.17) is 0 Å². The summed E-state index contributed by atoms with van der Waals surface area (Å²) in [6.45, 7) is 8.74. The molecule has 34 heavy (non-hydrogen) atoms. The van der Waals surface area contributed by atoms with E-state index >= 15 is 0 Å². The van der Waals surface area contributed by atoms with Gasteiger partial charge in [-0.3, -0.25) is 9.59 Å². The predicted octanol–water partition coefficient (Wildman–Crippen LogP) is 2.33. The fraction of sp³-hybridized carbons (Fsp3) is 0.520. The fourth-order valence-electron chi connectivity index (χ4n) is 4.35. The van der Waals surface area contributed by atoms with Crippen molar-refractivity contribution < 1.29 is 24.2 Å². The maximum absolute atomic E-state index is 13.1. The van der Waals surface area contributed by atoms with Gasteiger partial charge in [0.2, 0.25) is 0 Å². The Morgan fingerprint density at radius 3 is 2.62 bits per heavy atom. The number of allylic oxidation sites excluding steroid dienone is 4. The maximum Gasteiger partial charge on any atom is 0.254 e. The Labute approximate surface area is 205 Å². The molecule has 2 fully saturated rings. The van der Waals surface area contributed by atoms with Crippen molar-refractivity contribution in [3.8, 4) is 0 Å². The summed E-state index contributed by atoms with van der Waals surface area (Å²) >= 11 is 1.57. The molecule has 188 valence electrons. The molecule has 4 N–H and O–H groups in total. The topological polar surface area (TPSA) is 102 Å². The lowest BCUT2D eigenvalue weighted by Crippen LogP contribution is -2.53. The average molecular weight is 494 g/mol. The van der Waals surface area contributed by atoms with Crippen molar-refractivity contribution in [1.82, 2.24) is 15.5 Å². The van der Waals surface area contributed by atoms with Gasteiger partial charge >= 0.3 is 0 Å². The molecule has 2 atom stereocenters. The molecule has 1 spiro atoms. The van der Waals surface area contributed by atoms with Crippen LogP contribution in [0.3, 0.4) is 0 Å². The van der Waals surface area contributed by atoms with Crippen LogP contribution < -0.4 is 10.6 Å². The van der Waals surface area contributed by atoms with Crippen molar-refractivity contribution in [2.45, 2.75) is 45.3 Å². The van der Waals surface area contributed by atoms with Gasteiger partial charge in [0.05, 0.1) is 0 Å². The third kappa shape index (κ3) is 6.55. The summed E-state index contributed by atoms with van der Waals surface area (Å²) in [5.74, 6) is -1.45. The molecule has 0 aromatic carbocycles. The molecule has 0 bridgehead atoms. The highest BCUT2D eigenvalue weighted by Gasteiger charge is 2.45. The number of halogens is 1. The Kier molecular flexibility index (Phi) is 10.9. The molecule has 1 aromatic rings. The minimum absolute atomic E-state index is 0.291. The Morgan fingerprint density at radius 1 is 1.32 bits per heavy atom. The molecule has 9 heteroatoms.